The van der Waals surface area contributed by atoms with Crippen molar-refractivity contribution in [3.8, 4) is 0 Å². The quantitative estimate of drug-likeness (QED) is 0.448. The van der Waals surface area contributed by atoms with Crippen molar-refractivity contribution in [1.29, 1.82) is 0 Å². The Hall–Kier alpha value is -0.610. The van der Waals surface area contributed by atoms with Crippen molar-refractivity contribution in [3.63, 3.8) is 0 Å². The minimum Gasteiger partial charge on any atom is -0.481 e. The number of carboxylic acid groups (broad SMARTS) is 1. The molecule has 4 nitrogen and oxygen atoms in total. The highest BCUT2D eigenvalue weighted by Crippen LogP contribution is 2.00. The molecule has 12 heavy (non-hydrogen) atoms. The maximum Gasteiger partial charge on any atom is 0.303 e. The van der Waals surface area contributed by atoms with E-state index in [0.29, 0.717) is 13.0 Å². The van der Waals surface area contributed by atoms with Gasteiger partial charge in [-0.2, -0.15) is 0 Å². The second-order valence-corrected chi connectivity index (χ2v) is 2.67. The molecule has 0 saturated heterocycles. The normalized spacial score (nSPS) is 12.8. The van der Waals surface area contributed by atoms with Gasteiger partial charge < -0.3 is 14.9 Å². The summed E-state index contributed by atoms with van der Waals surface area (Å²) in [7, 11) is 0. The van der Waals surface area contributed by atoms with Crippen molar-refractivity contribution in [2.45, 2.75) is 38.9 Å². The van der Waals surface area contributed by atoms with Crippen LogP contribution in [0.3, 0.4) is 0 Å². The number of carboxylic acids is 1. The van der Waals surface area contributed by atoms with Gasteiger partial charge >= 0.3 is 5.97 Å². The molecular weight excluding hydrogens is 160 g/mol. The fraction of sp³-hybridized carbons (Fsp3) is 0.875. The predicted octanol–water partition coefficient (Wildman–Crippen LogP) is 0.986. The van der Waals surface area contributed by atoms with E-state index in [1.807, 2.05) is 0 Å². The van der Waals surface area contributed by atoms with Crippen molar-refractivity contribution in [2.24, 2.45) is 0 Å². The van der Waals surface area contributed by atoms with E-state index in [1.165, 1.54) is 0 Å². The third kappa shape index (κ3) is 9.39. The fourth-order valence-corrected chi connectivity index (χ4v) is 0.809. The lowest BCUT2D eigenvalue weighted by Crippen LogP contribution is -2.07. The minimum atomic E-state index is -0.758. The zero-order chi connectivity index (χ0) is 9.40. The molecule has 0 saturated carbocycles. The zero-order valence-electron chi connectivity index (χ0n) is 7.32. The first kappa shape index (κ1) is 11.4. The highest BCUT2D eigenvalue weighted by Gasteiger charge is 1.97. The summed E-state index contributed by atoms with van der Waals surface area (Å²) in [5.74, 6) is -0.758. The van der Waals surface area contributed by atoms with Crippen LogP contribution in [0.2, 0.25) is 0 Å². The van der Waals surface area contributed by atoms with E-state index in [9.17, 15) is 4.79 Å². The van der Waals surface area contributed by atoms with Gasteiger partial charge in [0, 0.05) is 13.0 Å². The molecule has 72 valence electrons. The number of aliphatic carboxylic acids is 1. The van der Waals surface area contributed by atoms with Crippen LogP contribution in [0.4, 0.5) is 0 Å². The lowest BCUT2D eigenvalue weighted by atomic mass is 10.2. The van der Waals surface area contributed by atoms with E-state index >= 15 is 0 Å². The number of carbonyl (C=O) groups is 1. The molecule has 4 heteroatoms. The molecule has 0 aliphatic heterocycles. The van der Waals surface area contributed by atoms with Crippen LogP contribution in [-0.2, 0) is 9.53 Å². The molecule has 0 aliphatic carbocycles. The Kier molecular flexibility index (Phi) is 6.70. The van der Waals surface area contributed by atoms with Gasteiger partial charge in [-0.15, -0.1) is 0 Å². The predicted molar refractivity (Wildman–Crippen MR) is 43.7 cm³/mol. The van der Waals surface area contributed by atoms with Crippen LogP contribution < -0.4 is 0 Å². The molecular formula is C8H16O4. The summed E-state index contributed by atoms with van der Waals surface area (Å²) in [5, 5.41) is 17.0. The van der Waals surface area contributed by atoms with Crippen molar-refractivity contribution >= 4 is 5.97 Å². The Labute approximate surface area is 72.2 Å². The van der Waals surface area contributed by atoms with E-state index in [4.69, 9.17) is 14.9 Å². The molecule has 1 atom stereocenters. The average molecular weight is 176 g/mol. The number of unbranched alkanes of at least 4 members (excludes halogenated alkanes) is 2. The maximum absolute atomic E-state index is 10.1. The first-order chi connectivity index (χ1) is 5.63. The summed E-state index contributed by atoms with van der Waals surface area (Å²) in [4.78, 5) is 10.1. The van der Waals surface area contributed by atoms with Crippen molar-refractivity contribution in [1.82, 2.24) is 0 Å². The third-order valence-corrected chi connectivity index (χ3v) is 1.39. The first-order valence-corrected chi connectivity index (χ1v) is 4.14. The molecule has 2 N–H and O–H groups in total. The molecule has 0 heterocycles. The lowest BCUT2D eigenvalue weighted by molar-refractivity contribution is -0.137. The van der Waals surface area contributed by atoms with E-state index in [0.717, 1.165) is 12.8 Å². The van der Waals surface area contributed by atoms with Gasteiger partial charge in [-0.1, -0.05) is 6.42 Å². The summed E-state index contributed by atoms with van der Waals surface area (Å²) in [6, 6.07) is 0. The molecule has 0 aromatic heterocycles. The number of rotatable bonds is 7. The molecule has 0 spiro atoms. The largest absolute Gasteiger partial charge is 0.481 e. The number of aliphatic hydroxyl groups excluding tert-OH is 1. The highest BCUT2D eigenvalue weighted by molar-refractivity contribution is 5.66. The second-order valence-electron chi connectivity index (χ2n) is 2.67. The van der Waals surface area contributed by atoms with E-state index < -0.39 is 12.3 Å². The van der Waals surface area contributed by atoms with Gasteiger partial charge in [0.1, 0.15) is 0 Å². The molecule has 0 aromatic rings. The Morgan fingerprint density at radius 1 is 1.42 bits per heavy atom. The zero-order valence-corrected chi connectivity index (χ0v) is 7.32. The average Bonchev–Trinajstić information content (AvgIpc) is 1.95. The maximum atomic E-state index is 10.1. The van der Waals surface area contributed by atoms with Gasteiger partial charge in [0.2, 0.25) is 0 Å². The van der Waals surface area contributed by atoms with Gasteiger partial charge in [-0.3, -0.25) is 4.79 Å². The smallest absolute Gasteiger partial charge is 0.303 e. The van der Waals surface area contributed by atoms with Crippen LogP contribution in [0.25, 0.3) is 0 Å². The highest BCUT2D eigenvalue weighted by atomic mass is 16.6. The van der Waals surface area contributed by atoms with E-state index in [-0.39, 0.29) is 6.42 Å². The van der Waals surface area contributed by atoms with Crippen LogP contribution in [0.15, 0.2) is 0 Å². The van der Waals surface area contributed by atoms with Crippen molar-refractivity contribution in [3.05, 3.63) is 0 Å². The monoisotopic (exact) mass is 176 g/mol. The van der Waals surface area contributed by atoms with Crippen LogP contribution >= 0.6 is 0 Å². The number of hydrogen-bond acceptors (Lipinski definition) is 3. The van der Waals surface area contributed by atoms with Gasteiger partial charge in [0.05, 0.1) is 0 Å². The van der Waals surface area contributed by atoms with Crippen molar-refractivity contribution in [2.75, 3.05) is 6.61 Å². The summed E-state index contributed by atoms with van der Waals surface area (Å²) in [6.07, 6.45) is 1.81. The third-order valence-electron chi connectivity index (χ3n) is 1.39. The lowest BCUT2D eigenvalue weighted by Gasteiger charge is -2.05. The van der Waals surface area contributed by atoms with Gasteiger partial charge in [-0.05, 0) is 19.8 Å². The SMILES string of the molecule is CC(O)OCCCCCC(=O)O. The van der Waals surface area contributed by atoms with Crippen molar-refractivity contribution < 1.29 is 19.7 Å². The molecule has 0 rings (SSSR count). The molecule has 0 aliphatic rings. The Morgan fingerprint density at radius 3 is 2.58 bits per heavy atom. The fourth-order valence-electron chi connectivity index (χ4n) is 0.809. The molecule has 0 aromatic carbocycles. The molecule has 0 radical (unpaired) electrons. The standard InChI is InChI=1S/C8H16O4/c1-7(9)12-6-4-2-3-5-8(10)11/h7,9H,2-6H2,1H3,(H,10,11). The number of hydrogen-bond donors (Lipinski definition) is 2. The van der Waals surface area contributed by atoms with Crippen LogP contribution in [0, 0.1) is 0 Å². The molecule has 0 amide bonds. The second kappa shape index (κ2) is 7.06. The Morgan fingerprint density at radius 2 is 2.08 bits per heavy atom. The topological polar surface area (TPSA) is 66.8 Å². The minimum absolute atomic E-state index is 0.217. The molecule has 1 unspecified atom stereocenters. The Balaban J connectivity index is 2.96. The van der Waals surface area contributed by atoms with Gasteiger partial charge in [0.25, 0.3) is 0 Å². The van der Waals surface area contributed by atoms with Gasteiger partial charge in [0.15, 0.2) is 6.29 Å². The summed E-state index contributed by atoms with van der Waals surface area (Å²) in [6.45, 7) is 2.05. The van der Waals surface area contributed by atoms with E-state index in [2.05, 4.69) is 0 Å². The molecule has 0 bridgehead atoms. The number of ether oxygens (including phenoxy) is 1. The van der Waals surface area contributed by atoms with Gasteiger partial charge in [-0.25, -0.2) is 0 Å². The molecule has 0 fully saturated rings. The summed E-state index contributed by atoms with van der Waals surface area (Å²) in [5.41, 5.74) is 0. The summed E-state index contributed by atoms with van der Waals surface area (Å²) >= 11 is 0. The van der Waals surface area contributed by atoms with Crippen LogP contribution in [0.5, 0.6) is 0 Å². The Bertz CT molecular complexity index is 122. The van der Waals surface area contributed by atoms with Crippen LogP contribution in [-0.4, -0.2) is 29.1 Å². The van der Waals surface area contributed by atoms with E-state index in [1.54, 1.807) is 6.92 Å². The van der Waals surface area contributed by atoms with Crippen LogP contribution in [0.1, 0.15) is 32.6 Å². The first-order valence-electron chi connectivity index (χ1n) is 4.14. The number of aliphatic hydroxyl groups is 1. The summed E-state index contributed by atoms with van der Waals surface area (Å²) < 4.78 is 4.86.